The molecule has 0 spiro atoms. The summed E-state index contributed by atoms with van der Waals surface area (Å²) in [5, 5.41) is 12.4. The second-order valence-corrected chi connectivity index (χ2v) is 8.65. The SMILES string of the molecule is CC(=Cc1ccccc1)COC(=O)C1=C(C)NC(C)=C(C(=O)OCCC#N)C1c1cccc(Cl)c1. The molecule has 1 aliphatic heterocycles. The quantitative estimate of drug-likeness (QED) is 0.378. The number of dihydropyridines is 1. The average molecular weight is 491 g/mol. The Kier molecular flexibility index (Phi) is 8.88. The topological polar surface area (TPSA) is 88.4 Å². The number of esters is 2. The molecule has 35 heavy (non-hydrogen) atoms. The molecular weight excluding hydrogens is 464 g/mol. The van der Waals surface area contributed by atoms with Gasteiger partial charge in [-0.2, -0.15) is 5.26 Å². The molecule has 1 heterocycles. The fourth-order valence-electron chi connectivity index (χ4n) is 3.95. The molecule has 3 rings (SSSR count). The third kappa shape index (κ3) is 6.62. The first-order valence-electron chi connectivity index (χ1n) is 11.2. The molecule has 0 saturated carbocycles. The minimum Gasteiger partial charge on any atom is -0.461 e. The highest BCUT2D eigenvalue weighted by atomic mass is 35.5. The van der Waals surface area contributed by atoms with Crippen LogP contribution in [-0.4, -0.2) is 25.2 Å². The van der Waals surface area contributed by atoms with Crippen molar-refractivity contribution < 1.29 is 19.1 Å². The van der Waals surface area contributed by atoms with Crippen LogP contribution in [0, 0.1) is 11.3 Å². The lowest BCUT2D eigenvalue weighted by atomic mass is 9.80. The minimum absolute atomic E-state index is 0.0413. The van der Waals surface area contributed by atoms with Crippen molar-refractivity contribution >= 4 is 29.6 Å². The van der Waals surface area contributed by atoms with Gasteiger partial charge in [0.2, 0.25) is 0 Å². The van der Waals surface area contributed by atoms with Crippen molar-refractivity contribution in [2.24, 2.45) is 0 Å². The molecule has 0 saturated heterocycles. The number of hydrogen-bond donors (Lipinski definition) is 1. The van der Waals surface area contributed by atoms with Gasteiger partial charge in [0, 0.05) is 16.4 Å². The highest BCUT2D eigenvalue weighted by molar-refractivity contribution is 6.30. The van der Waals surface area contributed by atoms with Gasteiger partial charge in [-0.3, -0.25) is 0 Å². The number of rotatable bonds is 8. The number of hydrogen-bond acceptors (Lipinski definition) is 6. The van der Waals surface area contributed by atoms with Crippen molar-refractivity contribution in [3.8, 4) is 6.07 Å². The van der Waals surface area contributed by atoms with E-state index in [-0.39, 0.29) is 25.2 Å². The van der Waals surface area contributed by atoms with E-state index in [0.29, 0.717) is 27.6 Å². The van der Waals surface area contributed by atoms with Crippen LogP contribution in [0.2, 0.25) is 5.02 Å². The number of ether oxygens (including phenoxy) is 2. The third-order valence-corrected chi connectivity index (χ3v) is 5.71. The van der Waals surface area contributed by atoms with Crippen LogP contribution in [0.25, 0.3) is 6.08 Å². The van der Waals surface area contributed by atoms with Gasteiger partial charge in [0.05, 0.1) is 29.6 Å². The molecule has 0 aliphatic carbocycles. The van der Waals surface area contributed by atoms with Crippen molar-refractivity contribution in [1.29, 1.82) is 5.26 Å². The Labute approximate surface area is 210 Å². The van der Waals surface area contributed by atoms with Gasteiger partial charge in [-0.25, -0.2) is 9.59 Å². The number of nitrogens with zero attached hydrogens (tertiary/aromatic N) is 1. The number of carbonyl (C=O) groups excluding carboxylic acids is 2. The molecule has 0 aromatic heterocycles. The molecule has 2 aromatic carbocycles. The first kappa shape index (κ1) is 25.8. The summed E-state index contributed by atoms with van der Waals surface area (Å²) in [4.78, 5) is 26.4. The number of nitriles is 1. The minimum atomic E-state index is -0.740. The number of allylic oxidation sites excluding steroid dienone is 2. The zero-order chi connectivity index (χ0) is 25.4. The van der Waals surface area contributed by atoms with E-state index in [4.69, 9.17) is 26.3 Å². The largest absolute Gasteiger partial charge is 0.461 e. The molecular formula is C28H27ClN2O4. The standard InChI is InChI=1S/C28H27ClN2O4/c1-18(15-21-9-5-4-6-10-21)17-35-28(33)25-20(3)31-19(2)24(27(32)34-14-8-13-30)26(25)22-11-7-12-23(29)16-22/h4-7,9-12,15-16,26,31H,8,14,17H2,1-3H3. The molecule has 0 amide bonds. The predicted octanol–water partition coefficient (Wildman–Crippen LogP) is 5.68. The molecule has 0 radical (unpaired) electrons. The van der Waals surface area contributed by atoms with Crippen LogP contribution in [0.15, 0.2) is 82.7 Å². The maximum Gasteiger partial charge on any atom is 0.337 e. The van der Waals surface area contributed by atoms with E-state index in [9.17, 15) is 9.59 Å². The molecule has 1 N–H and O–H groups in total. The van der Waals surface area contributed by atoms with Gasteiger partial charge in [0.15, 0.2) is 0 Å². The number of benzene rings is 2. The van der Waals surface area contributed by atoms with Gasteiger partial charge >= 0.3 is 11.9 Å². The van der Waals surface area contributed by atoms with Crippen molar-refractivity contribution in [3.63, 3.8) is 0 Å². The van der Waals surface area contributed by atoms with Crippen LogP contribution < -0.4 is 5.32 Å². The fraction of sp³-hybridized carbons (Fsp3) is 0.250. The molecule has 6 nitrogen and oxygen atoms in total. The second-order valence-electron chi connectivity index (χ2n) is 8.21. The summed E-state index contributed by atoms with van der Waals surface area (Å²) in [5.74, 6) is -1.89. The number of carbonyl (C=O) groups is 2. The highest BCUT2D eigenvalue weighted by Gasteiger charge is 2.38. The predicted molar refractivity (Wildman–Crippen MR) is 135 cm³/mol. The van der Waals surface area contributed by atoms with Crippen molar-refractivity contribution in [2.45, 2.75) is 33.1 Å². The van der Waals surface area contributed by atoms with E-state index in [1.54, 1.807) is 38.1 Å². The van der Waals surface area contributed by atoms with E-state index in [2.05, 4.69) is 5.32 Å². The van der Waals surface area contributed by atoms with E-state index in [1.165, 1.54) is 0 Å². The lowest BCUT2D eigenvalue weighted by Gasteiger charge is -2.30. The third-order valence-electron chi connectivity index (χ3n) is 5.47. The van der Waals surface area contributed by atoms with E-state index in [0.717, 1.165) is 11.1 Å². The Balaban J connectivity index is 1.92. The van der Waals surface area contributed by atoms with Gasteiger partial charge in [-0.1, -0.05) is 60.1 Å². The molecule has 1 unspecified atom stereocenters. The smallest absolute Gasteiger partial charge is 0.337 e. The summed E-state index contributed by atoms with van der Waals surface area (Å²) in [6, 6.07) is 18.7. The van der Waals surface area contributed by atoms with Crippen LogP contribution in [0.5, 0.6) is 0 Å². The maximum absolute atomic E-state index is 13.4. The molecule has 2 aromatic rings. The van der Waals surface area contributed by atoms with Gasteiger partial charge in [-0.15, -0.1) is 0 Å². The maximum atomic E-state index is 13.4. The van der Waals surface area contributed by atoms with E-state index in [1.807, 2.05) is 49.4 Å². The number of nitrogens with one attached hydrogen (secondary N) is 1. The summed E-state index contributed by atoms with van der Waals surface area (Å²) in [6.07, 6.45) is 2.02. The summed E-state index contributed by atoms with van der Waals surface area (Å²) in [5.41, 5.74) is 4.26. The van der Waals surface area contributed by atoms with Crippen LogP contribution in [0.3, 0.4) is 0 Å². The molecule has 180 valence electrons. The van der Waals surface area contributed by atoms with Crippen LogP contribution in [0.1, 0.15) is 44.2 Å². The molecule has 1 aliphatic rings. The van der Waals surface area contributed by atoms with Gasteiger partial charge in [0.25, 0.3) is 0 Å². The zero-order valence-corrected chi connectivity index (χ0v) is 20.7. The van der Waals surface area contributed by atoms with Crippen LogP contribution >= 0.6 is 11.6 Å². The first-order valence-corrected chi connectivity index (χ1v) is 11.6. The summed E-state index contributed by atoms with van der Waals surface area (Å²) in [6.45, 7) is 5.45. The Morgan fingerprint density at radius 3 is 2.31 bits per heavy atom. The fourth-order valence-corrected chi connectivity index (χ4v) is 4.15. The monoisotopic (exact) mass is 490 g/mol. The highest BCUT2D eigenvalue weighted by Crippen LogP contribution is 2.40. The Morgan fingerprint density at radius 2 is 1.69 bits per heavy atom. The molecule has 0 fully saturated rings. The summed E-state index contributed by atoms with van der Waals surface area (Å²) >= 11 is 6.25. The Bertz CT molecular complexity index is 1240. The van der Waals surface area contributed by atoms with Crippen LogP contribution in [0.4, 0.5) is 0 Å². The molecule has 7 heteroatoms. The van der Waals surface area contributed by atoms with E-state index < -0.39 is 17.9 Å². The van der Waals surface area contributed by atoms with Gasteiger partial charge in [-0.05, 0) is 49.6 Å². The average Bonchev–Trinajstić information content (AvgIpc) is 2.82. The lowest BCUT2D eigenvalue weighted by Crippen LogP contribution is -2.32. The second kappa shape index (κ2) is 12.0. The van der Waals surface area contributed by atoms with E-state index >= 15 is 0 Å². The van der Waals surface area contributed by atoms with Crippen molar-refractivity contribution in [2.75, 3.05) is 13.2 Å². The normalized spacial score (nSPS) is 15.9. The van der Waals surface area contributed by atoms with Gasteiger partial charge in [0.1, 0.15) is 13.2 Å². The van der Waals surface area contributed by atoms with Crippen molar-refractivity contribution in [3.05, 3.63) is 98.9 Å². The van der Waals surface area contributed by atoms with Crippen molar-refractivity contribution in [1.82, 2.24) is 5.32 Å². The van der Waals surface area contributed by atoms with Gasteiger partial charge < -0.3 is 14.8 Å². The Morgan fingerprint density at radius 1 is 1.03 bits per heavy atom. The van der Waals surface area contributed by atoms with Crippen LogP contribution in [-0.2, 0) is 19.1 Å². The molecule has 1 atom stereocenters. The Hall–Kier alpha value is -3.82. The number of halogens is 1. The lowest BCUT2D eigenvalue weighted by molar-refractivity contribution is -0.139. The zero-order valence-electron chi connectivity index (χ0n) is 19.9. The molecule has 0 bridgehead atoms. The first-order chi connectivity index (χ1) is 16.8. The summed E-state index contributed by atoms with van der Waals surface area (Å²) in [7, 11) is 0. The summed E-state index contributed by atoms with van der Waals surface area (Å²) < 4.78 is 11.0.